The highest BCUT2D eigenvalue weighted by Crippen LogP contribution is 1.21. The molecule has 0 heteroatoms. The Balaban J connectivity index is 0. The molecular formula is C5H10. The van der Waals surface area contributed by atoms with Crippen molar-refractivity contribution < 1.29 is 0 Å². The van der Waals surface area contributed by atoms with Crippen LogP contribution in [-0.2, 0) is 0 Å². The van der Waals surface area contributed by atoms with Gasteiger partial charge in [0.05, 0.1) is 0 Å². The first-order chi connectivity index (χ1) is 2.41. The Morgan fingerprint density at radius 1 is 1.40 bits per heavy atom. The molecular weight excluding hydrogens is 60.1 g/mol. The van der Waals surface area contributed by atoms with Gasteiger partial charge >= 0.3 is 0 Å². The van der Waals surface area contributed by atoms with Crippen LogP contribution in [0, 0.1) is 12.3 Å². The molecule has 0 aliphatic heterocycles. The van der Waals surface area contributed by atoms with E-state index >= 15 is 0 Å². The molecule has 0 saturated heterocycles. The maximum Gasteiger partial charge on any atom is -0.00297 e. The van der Waals surface area contributed by atoms with Crippen molar-refractivity contribution in [1.29, 1.82) is 0 Å². The van der Waals surface area contributed by atoms with Crippen LogP contribution in [0.15, 0.2) is 0 Å². The molecule has 0 aromatic rings. The second kappa shape index (κ2) is 74.4. The van der Waals surface area contributed by atoms with Crippen molar-refractivity contribution in [3.63, 3.8) is 0 Å². The van der Waals surface area contributed by atoms with Crippen molar-refractivity contribution in [2.75, 3.05) is 0 Å². The monoisotopic (exact) mass is 70.1 g/mol. The summed E-state index contributed by atoms with van der Waals surface area (Å²) < 4.78 is 0. The van der Waals surface area contributed by atoms with E-state index in [0.29, 0.717) is 0 Å². The molecule has 5 heavy (non-hydrogen) atoms. The van der Waals surface area contributed by atoms with E-state index in [1.165, 1.54) is 0 Å². The smallest absolute Gasteiger partial charge is 0.00297 e. The lowest BCUT2D eigenvalue weighted by Gasteiger charge is -1.23. The van der Waals surface area contributed by atoms with Crippen molar-refractivity contribution in [3.05, 3.63) is 0 Å². The summed E-state index contributed by atoms with van der Waals surface area (Å²) >= 11 is 0. The van der Waals surface area contributed by atoms with Crippen molar-refractivity contribution in [1.82, 2.24) is 0 Å². The van der Waals surface area contributed by atoms with Gasteiger partial charge in [-0.3, -0.25) is 0 Å². The maximum absolute atomic E-state index is 4.60. The first-order valence-corrected chi connectivity index (χ1v) is 1.79. The standard InChI is InChI=1S/C3H4.C2H6/c1-3-2;1-2/h1H,2H3;1-2H3. The minimum Gasteiger partial charge on any atom is -0.120 e. The van der Waals surface area contributed by atoms with E-state index in [1.54, 1.807) is 6.92 Å². The fourth-order valence-corrected chi connectivity index (χ4v) is 0. The van der Waals surface area contributed by atoms with Gasteiger partial charge < -0.3 is 0 Å². The highest BCUT2D eigenvalue weighted by Gasteiger charge is 1.09. The summed E-state index contributed by atoms with van der Waals surface area (Å²) in [6, 6.07) is 0. The second-order valence-corrected chi connectivity index (χ2v) is 0.289. The summed E-state index contributed by atoms with van der Waals surface area (Å²) in [6.07, 6.45) is 4.60. The normalized spacial score (nSPS) is 2.80. The summed E-state index contributed by atoms with van der Waals surface area (Å²) in [5, 5.41) is 0. The highest BCUT2D eigenvalue weighted by atomic mass is 13.2. The molecule has 0 nitrogen and oxygen atoms in total. The second-order valence-electron chi connectivity index (χ2n) is 0.289. The Kier molecular flexibility index (Phi) is 131. The summed E-state index contributed by atoms with van der Waals surface area (Å²) in [6.45, 7) is 5.65. The molecule has 0 atom stereocenters. The van der Waals surface area contributed by atoms with Gasteiger partial charge in [0.1, 0.15) is 0 Å². The van der Waals surface area contributed by atoms with Gasteiger partial charge in [0, 0.05) is 0 Å². The predicted molar refractivity (Wildman–Crippen MR) is 25.9 cm³/mol. The Bertz CT molecular complexity index is 21.5. The first kappa shape index (κ1) is 8.82. The summed E-state index contributed by atoms with van der Waals surface area (Å²) in [5.74, 6) is 2.25. The third kappa shape index (κ3) is 44.8. The molecule has 30 valence electrons. The molecule has 0 heterocycles. The number of hydrogen-bond acceptors (Lipinski definition) is 0. The largest absolute Gasteiger partial charge is 0.120 e. The molecule has 0 N–H and O–H groups in total. The van der Waals surface area contributed by atoms with Crippen LogP contribution < -0.4 is 0 Å². The van der Waals surface area contributed by atoms with Gasteiger partial charge in [0.15, 0.2) is 0 Å². The van der Waals surface area contributed by atoms with E-state index in [1.807, 2.05) is 13.8 Å². The molecule has 0 spiro atoms. The lowest BCUT2D eigenvalue weighted by molar-refractivity contribution is 1.50. The lowest BCUT2D eigenvalue weighted by Crippen LogP contribution is -1.10. The van der Waals surface area contributed by atoms with Crippen LogP contribution in [-0.4, -0.2) is 0 Å². The van der Waals surface area contributed by atoms with Crippen molar-refractivity contribution in [3.8, 4) is 12.3 Å². The summed E-state index contributed by atoms with van der Waals surface area (Å²) in [5.41, 5.74) is 0. The third-order valence-electron chi connectivity index (χ3n) is 0. The van der Waals surface area contributed by atoms with E-state index in [-0.39, 0.29) is 0 Å². The Morgan fingerprint density at radius 2 is 1.40 bits per heavy atom. The quantitative estimate of drug-likeness (QED) is 0.380. The van der Waals surface area contributed by atoms with E-state index in [2.05, 4.69) is 12.3 Å². The molecule has 0 aromatic carbocycles. The predicted octanol–water partition coefficient (Wildman–Crippen LogP) is 1.67. The van der Waals surface area contributed by atoms with Gasteiger partial charge in [-0.1, -0.05) is 13.8 Å². The molecule has 0 aliphatic rings. The van der Waals surface area contributed by atoms with Crippen LogP contribution >= 0.6 is 0 Å². The summed E-state index contributed by atoms with van der Waals surface area (Å²) in [7, 11) is 0. The molecule has 0 amide bonds. The van der Waals surface area contributed by atoms with Gasteiger partial charge in [-0.2, -0.15) is 0 Å². The van der Waals surface area contributed by atoms with Gasteiger partial charge in [0.25, 0.3) is 0 Å². The Labute approximate surface area is 34.2 Å². The molecule has 0 bridgehead atoms. The number of terminal acetylenes is 1. The molecule has 0 saturated carbocycles. The fraction of sp³-hybridized carbons (Fsp3) is 0.600. The zero-order valence-corrected chi connectivity index (χ0v) is 4.08. The maximum atomic E-state index is 4.60. The van der Waals surface area contributed by atoms with E-state index in [9.17, 15) is 0 Å². The van der Waals surface area contributed by atoms with Gasteiger partial charge in [-0.25, -0.2) is 0 Å². The molecule has 0 aliphatic carbocycles. The van der Waals surface area contributed by atoms with Crippen molar-refractivity contribution in [2.45, 2.75) is 20.8 Å². The van der Waals surface area contributed by atoms with Gasteiger partial charge in [-0.05, 0) is 6.92 Å². The molecule has 0 aromatic heterocycles. The van der Waals surface area contributed by atoms with E-state index < -0.39 is 0 Å². The van der Waals surface area contributed by atoms with Crippen LogP contribution in [0.3, 0.4) is 0 Å². The van der Waals surface area contributed by atoms with Gasteiger partial charge in [-0.15, -0.1) is 12.3 Å². The molecule has 0 radical (unpaired) electrons. The van der Waals surface area contributed by atoms with Crippen LogP contribution in [0.2, 0.25) is 0 Å². The van der Waals surface area contributed by atoms with E-state index in [0.717, 1.165) is 0 Å². The van der Waals surface area contributed by atoms with Crippen LogP contribution in [0.1, 0.15) is 20.8 Å². The minimum absolute atomic E-state index is 1.65. The third-order valence-corrected chi connectivity index (χ3v) is 0. The SMILES string of the molecule is C#CC.CC. The van der Waals surface area contributed by atoms with Crippen LogP contribution in [0.4, 0.5) is 0 Å². The van der Waals surface area contributed by atoms with Crippen molar-refractivity contribution in [2.24, 2.45) is 0 Å². The van der Waals surface area contributed by atoms with E-state index in [4.69, 9.17) is 0 Å². The highest BCUT2D eigenvalue weighted by molar-refractivity contribution is 4.73. The molecule has 0 unspecified atom stereocenters. The van der Waals surface area contributed by atoms with Gasteiger partial charge in [0.2, 0.25) is 0 Å². The average Bonchev–Trinajstić information content (AvgIpc) is 1.46. The lowest BCUT2D eigenvalue weighted by atomic mass is 10.9. The fourth-order valence-electron chi connectivity index (χ4n) is 0. The summed E-state index contributed by atoms with van der Waals surface area (Å²) in [4.78, 5) is 0. The molecule has 0 fully saturated rings. The zero-order valence-electron chi connectivity index (χ0n) is 4.08. The van der Waals surface area contributed by atoms with Crippen LogP contribution in [0.5, 0.6) is 0 Å². The number of rotatable bonds is 0. The van der Waals surface area contributed by atoms with Crippen LogP contribution in [0.25, 0.3) is 0 Å². The molecule has 0 rings (SSSR count). The topological polar surface area (TPSA) is 0 Å². The number of hydrogen-bond donors (Lipinski definition) is 0. The Morgan fingerprint density at radius 3 is 1.40 bits per heavy atom. The minimum atomic E-state index is 1.65. The average molecular weight is 70.1 g/mol. The Hall–Kier alpha value is -0.440. The van der Waals surface area contributed by atoms with Crippen molar-refractivity contribution >= 4 is 0 Å². The first-order valence-electron chi connectivity index (χ1n) is 1.79. The zero-order chi connectivity index (χ0) is 4.71.